The number of amides is 1. The zero-order valence-electron chi connectivity index (χ0n) is 15.4. The lowest BCUT2D eigenvalue weighted by atomic mass is 10.3. The van der Waals surface area contributed by atoms with Crippen LogP contribution in [0.5, 0.6) is 0 Å². The second kappa shape index (κ2) is 9.07. The maximum absolute atomic E-state index is 13.3. The molecule has 4 rings (SSSR count). The average Bonchev–Trinajstić information content (AvgIpc) is 3.36. The van der Waals surface area contributed by atoms with Crippen LogP contribution in [-0.2, 0) is 17.8 Å². The van der Waals surface area contributed by atoms with E-state index in [9.17, 15) is 18.4 Å². The first-order valence-electron chi connectivity index (χ1n) is 8.89. The van der Waals surface area contributed by atoms with Gasteiger partial charge in [-0.05, 0) is 41.4 Å². The molecule has 154 valence electrons. The van der Waals surface area contributed by atoms with E-state index in [0.717, 1.165) is 34.8 Å². The largest absolute Gasteiger partial charge is 0.325 e. The number of carbonyl (C=O) groups is 1. The molecule has 0 aliphatic carbocycles. The van der Waals surface area contributed by atoms with E-state index in [1.807, 2.05) is 22.9 Å². The number of thiophene rings is 2. The summed E-state index contributed by atoms with van der Waals surface area (Å²) in [4.78, 5) is 30.9. The Hall–Kier alpha value is -2.56. The smallest absolute Gasteiger partial charge is 0.272 e. The molecule has 3 heterocycles. The second-order valence-electron chi connectivity index (χ2n) is 6.31. The number of rotatable bonds is 7. The Balaban J connectivity index is 1.52. The van der Waals surface area contributed by atoms with Gasteiger partial charge in [-0.25, -0.2) is 13.8 Å². The van der Waals surface area contributed by atoms with Crippen LogP contribution in [0.2, 0.25) is 0 Å². The molecular formula is C20H15F2N3O2S3. The summed E-state index contributed by atoms with van der Waals surface area (Å²) in [6.45, 7) is 0.444. The number of aromatic nitrogens is 2. The molecular weight excluding hydrogens is 448 g/mol. The van der Waals surface area contributed by atoms with Gasteiger partial charge >= 0.3 is 0 Å². The van der Waals surface area contributed by atoms with E-state index in [2.05, 4.69) is 10.3 Å². The van der Waals surface area contributed by atoms with E-state index < -0.39 is 17.5 Å². The first kappa shape index (κ1) is 20.7. The minimum atomic E-state index is -0.773. The molecule has 3 aromatic heterocycles. The third-order valence-corrected chi connectivity index (χ3v) is 6.98. The number of fused-ring (bicyclic) bond motifs is 1. The van der Waals surface area contributed by atoms with E-state index in [1.165, 1.54) is 11.3 Å². The highest BCUT2D eigenvalue weighted by Crippen LogP contribution is 2.22. The van der Waals surface area contributed by atoms with Crippen LogP contribution in [0.1, 0.15) is 4.88 Å². The first-order valence-corrected chi connectivity index (χ1v) is 11.6. The molecule has 10 heteroatoms. The monoisotopic (exact) mass is 463 g/mol. The molecule has 0 atom stereocenters. The van der Waals surface area contributed by atoms with Crippen molar-refractivity contribution in [1.82, 2.24) is 9.55 Å². The predicted molar refractivity (Wildman–Crippen MR) is 118 cm³/mol. The van der Waals surface area contributed by atoms with Crippen LogP contribution in [0.4, 0.5) is 14.5 Å². The number of carbonyl (C=O) groups excluding carboxylic acids is 1. The van der Waals surface area contributed by atoms with E-state index in [4.69, 9.17) is 0 Å². The van der Waals surface area contributed by atoms with E-state index in [-0.39, 0.29) is 17.0 Å². The summed E-state index contributed by atoms with van der Waals surface area (Å²) in [7, 11) is 0. The van der Waals surface area contributed by atoms with Crippen molar-refractivity contribution >= 4 is 56.2 Å². The molecule has 5 nitrogen and oxygen atoms in total. The molecule has 0 fully saturated rings. The van der Waals surface area contributed by atoms with Crippen molar-refractivity contribution in [3.05, 3.63) is 74.0 Å². The highest BCUT2D eigenvalue weighted by Gasteiger charge is 2.15. The van der Waals surface area contributed by atoms with Crippen LogP contribution < -0.4 is 10.9 Å². The molecule has 1 amide bonds. The van der Waals surface area contributed by atoms with Gasteiger partial charge in [0.05, 0.1) is 11.3 Å². The van der Waals surface area contributed by atoms with Crippen molar-refractivity contribution in [2.75, 3.05) is 11.1 Å². The molecule has 0 radical (unpaired) electrons. The number of benzene rings is 1. The normalized spacial score (nSPS) is 11.1. The number of halogens is 2. The number of anilines is 1. The van der Waals surface area contributed by atoms with Gasteiger partial charge in [-0.15, -0.1) is 22.7 Å². The van der Waals surface area contributed by atoms with Gasteiger partial charge in [0.15, 0.2) is 5.16 Å². The molecule has 4 aromatic rings. The summed E-state index contributed by atoms with van der Waals surface area (Å²) in [5.74, 6) is -2.05. The van der Waals surface area contributed by atoms with E-state index >= 15 is 0 Å². The molecule has 1 aromatic carbocycles. The van der Waals surface area contributed by atoms with E-state index in [1.54, 1.807) is 22.0 Å². The highest BCUT2D eigenvalue weighted by atomic mass is 32.2. The van der Waals surface area contributed by atoms with Crippen molar-refractivity contribution in [2.45, 2.75) is 18.1 Å². The minimum absolute atomic E-state index is 0.0365. The van der Waals surface area contributed by atoms with Gasteiger partial charge in [-0.1, -0.05) is 17.8 Å². The van der Waals surface area contributed by atoms with Gasteiger partial charge < -0.3 is 5.32 Å². The third-order valence-electron chi connectivity index (χ3n) is 4.17. The van der Waals surface area contributed by atoms with Gasteiger partial charge in [-0.2, -0.15) is 0 Å². The number of aryl methyl sites for hydroxylation is 1. The Morgan fingerprint density at radius 1 is 1.13 bits per heavy atom. The molecule has 0 unspecified atom stereocenters. The highest BCUT2D eigenvalue weighted by molar-refractivity contribution is 7.99. The Kier molecular flexibility index (Phi) is 6.26. The fraction of sp³-hybridized carbons (Fsp3) is 0.150. The number of hydrogen-bond acceptors (Lipinski definition) is 6. The fourth-order valence-electron chi connectivity index (χ4n) is 2.86. The Morgan fingerprint density at radius 3 is 2.67 bits per heavy atom. The quantitative estimate of drug-likeness (QED) is 0.317. The number of nitrogens with one attached hydrogen (secondary N) is 1. The fourth-order valence-corrected chi connectivity index (χ4v) is 5.16. The van der Waals surface area contributed by atoms with Crippen LogP contribution >= 0.6 is 34.4 Å². The summed E-state index contributed by atoms with van der Waals surface area (Å²) >= 11 is 4.06. The molecule has 0 saturated carbocycles. The summed E-state index contributed by atoms with van der Waals surface area (Å²) < 4.78 is 28.8. The Labute approximate surface area is 182 Å². The SMILES string of the molecule is O=C(CSc1nc2ccsc2c(=O)n1CCc1cccs1)Nc1cc(F)cc(F)c1. The lowest BCUT2D eigenvalue weighted by molar-refractivity contribution is -0.113. The van der Waals surface area contributed by atoms with Gasteiger partial charge in [0, 0.05) is 23.2 Å². The molecule has 0 aliphatic rings. The van der Waals surface area contributed by atoms with Gasteiger partial charge in [0.25, 0.3) is 5.56 Å². The predicted octanol–water partition coefficient (Wildman–Crippen LogP) is 4.77. The average molecular weight is 464 g/mol. The summed E-state index contributed by atoms with van der Waals surface area (Å²) in [5.41, 5.74) is 0.489. The van der Waals surface area contributed by atoms with Crippen LogP contribution in [0.25, 0.3) is 10.2 Å². The molecule has 0 aliphatic heterocycles. The molecule has 0 saturated heterocycles. The molecule has 0 bridgehead atoms. The van der Waals surface area contributed by atoms with Gasteiger partial charge in [-0.3, -0.25) is 14.2 Å². The van der Waals surface area contributed by atoms with Crippen LogP contribution in [-0.4, -0.2) is 21.2 Å². The van der Waals surface area contributed by atoms with Crippen molar-refractivity contribution in [2.24, 2.45) is 0 Å². The van der Waals surface area contributed by atoms with Crippen LogP contribution in [0, 0.1) is 11.6 Å². The number of hydrogen-bond donors (Lipinski definition) is 1. The number of thioether (sulfide) groups is 1. The topological polar surface area (TPSA) is 64.0 Å². The zero-order valence-corrected chi connectivity index (χ0v) is 17.9. The lowest BCUT2D eigenvalue weighted by Crippen LogP contribution is -2.24. The summed E-state index contributed by atoms with van der Waals surface area (Å²) in [5, 5.41) is 6.68. The second-order valence-corrected chi connectivity index (χ2v) is 9.20. The van der Waals surface area contributed by atoms with Crippen molar-refractivity contribution < 1.29 is 13.6 Å². The number of nitrogens with zero attached hydrogens (tertiary/aromatic N) is 2. The summed E-state index contributed by atoms with van der Waals surface area (Å²) in [6.07, 6.45) is 0.679. The lowest BCUT2D eigenvalue weighted by Gasteiger charge is -2.12. The summed E-state index contributed by atoms with van der Waals surface area (Å²) in [6, 6.07) is 8.54. The first-order chi connectivity index (χ1) is 14.5. The molecule has 1 N–H and O–H groups in total. The minimum Gasteiger partial charge on any atom is -0.325 e. The maximum Gasteiger partial charge on any atom is 0.272 e. The van der Waals surface area contributed by atoms with Crippen molar-refractivity contribution in [3.63, 3.8) is 0 Å². The Morgan fingerprint density at radius 2 is 1.93 bits per heavy atom. The van der Waals surface area contributed by atoms with Crippen LogP contribution in [0.15, 0.2) is 57.1 Å². The van der Waals surface area contributed by atoms with Gasteiger partial charge in [0.1, 0.15) is 16.3 Å². The Bertz CT molecular complexity index is 1230. The van der Waals surface area contributed by atoms with Gasteiger partial charge in [0.2, 0.25) is 5.91 Å². The van der Waals surface area contributed by atoms with Crippen molar-refractivity contribution in [1.29, 1.82) is 0 Å². The van der Waals surface area contributed by atoms with Crippen molar-refractivity contribution in [3.8, 4) is 0 Å². The standard InChI is InChI=1S/C20H15F2N3O2S3/c21-12-8-13(22)10-14(9-12)23-17(26)11-30-20-24-16-4-7-29-18(16)19(27)25(20)5-3-15-2-1-6-28-15/h1-2,4,6-10H,3,5,11H2,(H,23,26). The molecule has 0 spiro atoms. The maximum atomic E-state index is 13.3. The zero-order chi connectivity index (χ0) is 21.1. The third kappa shape index (κ3) is 4.77. The molecule has 30 heavy (non-hydrogen) atoms. The van der Waals surface area contributed by atoms with E-state index in [0.29, 0.717) is 28.3 Å². The van der Waals surface area contributed by atoms with Crippen LogP contribution in [0.3, 0.4) is 0 Å².